The van der Waals surface area contributed by atoms with Gasteiger partial charge in [0.1, 0.15) is 5.82 Å². The zero-order valence-corrected chi connectivity index (χ0v) is 15.9. The third-order valence-corrected chi connectivity index (χ3v) is 5.58. The highest BCUT2D eigenvalue weighted by Crippen LogP contribution is 2.44. The average molecular weight is 358 g/mol. The highest BCUT2D eigenvalue weighted by molar-refractivity contribution is 5.85. The smallest absolute Gasteiger partial charge is 0.126 e. The van der Waals surface area contributed by atoms with Crippen molar-refractivity contribution in [3.8, 4) is 0 Å². The molecule has 2 nitrogen and oxygen atoms in total. The van der Waals surface area contributed by atoms with Crippen LogP contribution in [0.4, 0.5) is 4.39 Å². The van der Waals surface area contributed by atoms with E-state index in [1.807, 2.05) is 6.07 Å². The van der Waals surface area contributed by atoms with Crippen LogP contribution in [-0.4, -0.2) is 16.2 Å². The van der Waals surface area contributed by atoms with Crippen LogP contribution in [0.5, 0.6) is 0 Å². The van der Waals surface area contributed by atoms with Gasteiger partial charge in [0.2, 0.25) is 0 Å². The van der Waals surface area contributed by atoms with Gasteiger partial charge in [-0.1, -0.05) is 57.7 Å². The Bertz CT molecular complexity index is 504. The molecule has 0 amide bonds. The molecule has 138 valence electrons. The second kappa shape index (κ2) is 9.17. The van der Waals surface area contributed by atoms with Gasteiger partial charge in [0.25, 0.3) is 0 Å². The predicted octanol–water partition coefficient (Wildman–Crippen LogP) is 5.01. The molecule has 2 atom stereocenters. The molecule has 1 aromatic carbocycles. The van der Waals surface area contributed by atoms with Gasteiger partial charge in [-0.3, -0.25) is 0 Å². The molecule has 2 rings (SSSR count). The first-order valence-electron chi connectivity index (χ1n) is 9.20. The van der Waals surface area contributed by atoms with Crippen LogP contribution in [0, 0.1) is 11.7 Å². The molecular formula is C20H33ClFNO. The third-order valence-electron chi connectivity index (χ3n) is 5.58. The average Bonchev–Trinajstić information content (AvgIpc) is 2.50. The Balaban J connectivity index is 0.00000288. The Labute approximate surface area is 152 Å². The van der Waals surface area contributed by atoms with Crippen LogP contribution in [0.1, 0.15) is 70.8 Å². The maximum Gasteiger partial charge on any atom is 0.126 e. The highest BCUT2D eigenvalue weighted by atomic mass is 35.5. The molecule has 1 aliphatic carbocycles. The van der Waals surface area contributed by atoms with Crippen LogP contribution in [0.15, 0.2) is 24.3 Å². The van der Waals surface area contributed by atoms with Crippen molar-refractivity contribution in [2.45, 2.75) is 82.8 Å². The van der Waals surface area contributed by atoms with Gasteiger partial charge >= 0.3 is 0 Å². The third kappa shape index (κ3) is 4.71. The lowest BCUT2D eigenvalue weighted by Gasteiger charge is -2.50. The number of benzene rings is 1. The lowest BCUT2D eigenvalue weighted by Crippen LogP contribution is -2.59. The Morgan fingerprint density at radius 1 is 1.21 bits per heavy atom. The van der Waals surface area contributed by atoms with Crippen LogP contribution in [0.3, 0.4) is 0 Å². The van der Waals surface area contributed by atoms with E-state index < -0.39 is 5.60 Å². The molecule has 0 aromatic heterocycles. The van der Waals surface area contributed by atoms with Gasteiger partial charge in [0.05, 0.1) is 5.60 Å². The van der Waals surface area contributed by atoms with Crippen LogP contribution < -0.4 is 5.73 Å². The molecule has 1 fully saturated rings. The molecule has 0 radical (unpaired) electrons. The van der Waals surface area contributed by atoms with E-state index in [9.17, 15) is 9.50 Å². The Morgan fingerprint density at radius 2 is 1.83 bits per heavy atom. The number of halogens is 2. The Morgan fingerprint density at radius 3 is 2.42 bits per heavy atom. The molecule has 24 heavy (non-hydrogen) atoms. The molecule has 0 heterocycles. The van der Waals surface area contributed by atoms with Crippen molar-refractivity contribution >= 4 is 12.4 Å². The van der Waals surface area contributed by atoms with Crippen molar-refractivity contribution in [1.29, 1.82) is 0 Å². The molecule has 3 N–H and O–H groups in total. The maximum absolute atomic E-state index is 14.1. The zero-order valence-electron chi connectivity index (χ0n) is 15.1. The lowest BCUT2D eigenvalue weighted by molar-refractivity contribution is -0.0823. The van der Waals surface area contributed by atoms with Crippen LogP contribution in [0.25, 0.3) is 0 Å². The Kier molecular flexibility index (Phi) is 8.17. The molecule has 0 unspecified atom stereocenters. The SMILES string of the molecule is CCCC(N)(CCC)[C@H]1CCCC[C@@]1(O)Cc1ccccc1F.Cl. The molecule has 0 aliphatic heterocycles. The van der Waals surface area contributed by atoms with Gasteiger partial charge in [0, 0.05) is 17.9 Å². The molecule has 1 aromatic rings. The van der Waals surface area contributed by atoms with E-state index in [0.29, 0.717) is 12.0 Å². The van der Waals surface area contributed by atoms with Gasteiger partial charge < -0.3 is 10.8 Å². The summed E-state index contributed by atoms with van der Waals surface area (Å²) in [6, 6.07) is 6.80. The molecular weight excluding hydrogens is 325 g/mol. The standard InChI is InChI=1S/C20H32FNO.ClH/c1-3-12-19(22,13-4-2)18-11-7-8-14-20(18,23)15-16-9-5-6-10-17(16)21;/h5-6,9-10,18,23H,3-4,7-8,11-15,22H2,1-2H3;1H/t18-,20-;/m1./s1. The predicted molar refractivity (Wildman–Crippen MR) is 101 cm³/mol. The van der Waals surface area contributed by atoms with Gasteiger partial charge in [-0.15, -0.1) is 12.4 Å². The Hall–Kier alpha value is -0.640. The van der Waals surface area contributed by atoms with Crippen molar-refractivity contribution in [1.82, 2.24) is 0 Å². The monoisotopic (exact) mass is 357 g/mol. The molecule has 1 saturated carbocycles. The summed E-state index contributed by atoms with van der Waals surface area (Å²) >= 11 is 0. The van der Waals surface area contributed by atoms with Gasteiger partial charge in [0.15, 0.2) is 0 Å². The number of hydrogen-bond donors (Lipinski definition) is 2. The van der Waals surface area contributed by atoms with E-state index in [4.69, 9.17) is 5.73 Å². The van der Waals surface area contributed by atoms with Crippen molar-refractivity contribution in [2.75, 3.05) is 0 Å². The fourth-order valence-corrected chi connectivity index (χ4v) is 4.63. The summed E-state index contributed by atoms with van der Waals surface area (Å²) in [6.45, 7) is 4.30. The summed E-state index contributed by atoms with van der Waals surface area (Å²) < 4.78 is 14.1. The van der Waals surface area contributed by atoms with Crippen LogP contribution in [-0.2, 0) is 6.42 Å². The van der Waals surface area contributed by atoms with E-state index in [2.05, 4.69) is 13.8 Å². The first-order valence-corrected chi connectivity index (χ1v) is 9.20. The minimum atomic E-state index is -0.889. The largest absolute Gasteiger partial charge is 0.389 e. The summed E-state index contributed by atoms with van der Waals surface area (Å²) in [5.74, 6) is -0.179. The number of nitrogens with two attached hydrogens (primary N) is 1. The normalized spacial score (nSPS) is 24.5. The summed E-state index contributed by atoms with van der Waals surface area (Å²) in [4.78, 5) is 0. The van der Waals surface area contributed by atoms with E-state index in [1.165, 1.54) is 6.07 Å². The summed E-state index contributed by atoms with van der Waals surface area (Å²) in [5.41, 5.74) is 6.18. The van der Waals surface area contributed by atoms with Crippen molar-refractivity contribution in [3.63, 3.8) is 0 Å². The van der Waals surface area contributed by atoms with Gasteiger partial charge in [-0.05, 0) is 37.3 Å². The topological polar surface area (TPSA) is 46.2 Å². The molecule has 0 bridgehead atoms. The summed E-state index contributed by atoms with van der Waals surface area (Å²) in [5, 5.41) is 11.5. The van der Waals surface area contributed by atoms with E-state index in [0.717, 1.165) is 51.4 Å². The van der Waals surface area contributed by atoms with Crippen LogP contribution in [0.2, 0.25) is 0 Å². The quantitative estimate of drug-likeness (QED) is 0.720. The van der Waals surface area contributed by atoms with Gasteiger partial charge in [-0.2, -0.15) is 0 Å². The zero-order chi connectivity index (χ0) is 16.9. The number of rotatable bonds is 7. The second-order valence-corrected chi connectivity index (χ2v) is 7.40. The molecule has 1 aliphatic rings. The van der Waals surface area contributed by atoms with Crippen molar-refractivity contribution in [3.05, 3.63) is 35.6 Å². The minimum Gasteiger partial charge on any atom is -0.389 e. The number of aliphatic hydroxyl groups is 1. The van der Waals surface area contributed by atoms with E-state index in [1.54, 1.807) is 12.1 Å². The first-order chi connectivity index (χ1) is 10.9. The van der Waals surface area contributed by atoms with Crippen LogP contribution >= 0.6 is 12.4 Å². The molecule has 0 spiro atoms. The van der Waals surface area contributed by atoms with Crippen molar-refractivity contribution in [2.24, 2.45) is 11.7 Å². The fourth-order valence-electron chi connectivity index (χ4n) is 4.63. The fraction of sp³-hybridized carbons (Fsp3) is 0.700. The van der Waals surface area contributed by atoms with E-state index in [-0.39, 0.29) is 29.7 Å². The molecule has 4 heteroatoms. The maximum atomic E-state index is 14.1. The lowest BCUT2D eigenvalue weighted by atomic mass is 9.61. The molecule has 0 saturated heterocycles. The summed E-state index contributed by atoms with van der Waals surface area (Å²) in [7, 11) is 0. The second-order valence-electron chi connectivity index (χ2n) is 7.40. The highest BCUT2D eigenvalue weighted by Gasteiger charge is 2.48. The van der Waals surface area contributed by atoms with Gasteiger partial charge in [-0.25, -0.2) is 4.39 Å². The number of hydrogen-bond acceptors (Lipinski definition) is 2. The van der Waals surface area contributed by atoms with Crippen molar-refractivity contribution < 1.29 is 9.50 Å². The minimum absolute atomic E-state index is 0. The summed E-state index contributed by atoms with van der Waals surface area (Å²) in [6.07, 6.45) is 8.02. The van der Waals surface area contributed by atoms with E-state index >= 15 is 0 Å². The first kappa shape index (κ1) is 21.4.